The van der Waals surface area contributed by atoms with E-state index in [1.54, 1.807) is 13.8 Å². The van der Waals surface area contributed by atoms with Gasteiger partial charge in [0.25, 0.3) is 0 Å². The molecule has 0 aliphatic carbocycles. The number of aliphatic carboxylic acids is 1. The molecule has 0 aromatic rings. The topological polar surface area (TPSA) is 98.7 Å². The molecule has 0 saturated carbocycles. The van der Waals surface area contributed by atoms with Crippen LogP contribution in [0.1, 0.15) is 39.5 Å². The Labute approximate surface area is 126 Å². The first-order chi connectivity index (χ1) is 9.62. The third-order valence-electron chi connectivity index (χ3n) is 2.84. The molecule has 0 atom stereocenters. The van der Waals surface area contributed by atoms with E-state index in [1.807, 2.05) is 14.1 Å². The average molecular weight is 301 g/mol. The number of urea groups is 1. The first kappa shape index (κ1) is 19.4. The Kier molecular flexibility index (Phi) is 8.61. The van der Waals surface area contributed by atoms with Crippen LogP contribution in [0.15, 0.2) is 0 Å². The molecule has 0 heterocycles. The molecule has 0 aliphatic rings. The van der Waals surface area contributed by atoms with Gasteiger partial charge in [-0.3, -0.25) is 14.9 Å². The lowest BCUT2D eigenvalue weighted by Gasteiger charge is -2.21. The zero-order valence-corrected chi connectivity index (χ0v) is 13.4. The summed E-state index contributed by atoms with van der Waals surface area (Å²) >= 11 is 0. The Morgan fingerprint density at radius 3 is 2.24 bits per heavy atom. The molecular weight excluding hydrogens is 274 g/mol. The molecule has 0 spiro atoms. The summed E-state index contributed by atoms with van der Waals surface area (Å²) in [5.74, 6) is -1.43. The van der Waals surface area contributed by atoms with Crippen LogP contribution in [0.5, 0.6) is 0 Å². The van der Waals surface area contributed by atoms with Gasteiger partial charge in [-0.15, -0.1) is 0 Å². The fourth-order valence-corrected chi connectivity index (χ4v) is 1.88. The number of hydrogen-bond donors (Lipinski definition) is 3. The number of unbranched alkanes of at least 4 members (excludes halogenated alkanes) is 1. The lowest BCUT2D eigenvalue weighted by molar-refractivity contribution is -0.139. The molecule has 0 aliphatic heterocycles. The van der Waals surface area contributed by atoms with Crippen molar-refractivity contribution in [1.29, 1.82) is 0 Å². The monoisotopic (exact) mass is 301 g/mol. The van der Waals surface area contributed by atoms with Gasteiger partial charge in [0.05, 0.1) is 6.42 Å². The molecule has 0 bridgehead atoms. The van der Waals surface area contributed by atoms with E-state index in [-0.39, 0.29) is 12.8 Å². The van der Waals surface area contributed by atoms with Gasteiger partial charge in [0.2, 0.25) is 5.91 Å². The van der Waals surface area contributed by atoms with E-state index in [0.717, 1.165) is 19.4 Å². The van der Waals surface area contributed by atoms with Crippen LogP contribution >= 0.6 is 0 Å². The van der Waals surface area contributed by atoms with Crippen LogP contribution in [0.25, 0.3) is 0 Å². The Morgan fingerprint density at radius 1 is 1.10 bits per heavy atom. The van der Waals surface area contributed by atoms with Crippen LogP contribution in [0, 0.1) is 5.41 Å². The minimum atomic E-state index is -0.960. The zero-order valence-electron chi connectivity index (χ0n) is 13.4. The number of carboxylic acids is 1. The van der Waals surface area contributed by atoms with Gasteiger partial charge in [-0.25, -0.2) is 4.79 Å². The SMILES string of the molecule is CN(C)CCCCNC(=O)NC(=O)CC(C)(C)CC(=O)O. The van der Waals surface area contributed by atoms with Crippen LogP contribution < -0.4 is 10.6 Å². The van der Waals surface area contributed by atoms with Crippen molar-refractivity contribution in [1.82, 2.24) is 15.5 Å². The highest BCUT2D eigenvalue weighted by molar-refractivity contribution is 5.94. The lowest BCUT2D eigenvalue weighted by atomic mass is 9.85. The quantitative estimate of drug-likeness (QED) is 0.553. The lowest BCUT2D eigenvalue weighted by Crippen LogP contribution is -2.41. The summed E-state index contributed by atoms with van der Waals surface area (Å²) in [7, 11) is 3.97. The third-order valence-corrected chi connectivity index (χ3v) is 2.84. The van der Waals surface area contributed by atoms with Crippen LogP contribution in [0.2, 0.25) is 0 Å². The maximum atomic E-state index is 11.7. The van der Waals surface area contributed by atoms with E-state index in [4.69, 9.17) is 5.11 Å². The molecule has 7 nitrogen and oxygen atoms in total. The van der Waals surface area contributed by atoms with Crippen molar-refractivity contribution in [2.75, 3.05) is 27.2 Å². The van der Waals surface area contributed by atoms with Gasteiger partial charge in [-0.1, -0.05) is 13.8 Å². The number of carbonyl (C=O) groups is 3. The van der Waals surface area contributed by atoms with Gasteiger partial charge < -0.3 is 15.3 Å². The standard InChI is InChI=1S/C14H27N3O4/c1-14(2,10-12(19)20)9-11(18)16-13(21)15-7-5-6-8-17(3)4/h5-10H2,1-4H3,(H,19,20)(H2,15,16,18,21). The number of carbonyl (C=O) groups excluding carboxylic acids is 2. The predicted molar refractivity (Wildman–Crippen MR) is 80.0 cm³/mol. The van der Waals surface area contributed by atoms with Crippen molar-refractivity contribution in [3.8, 4) is 0 Å². The van der Waals surface area contributed by atoms with Crippen LogP contribution in [0.4, 0.5) is 4.79 Å². The van der Waals surface area contributed by atoms with Gasteiger partial charge in [-0.2, -0.15) is 0 Å². The molecule has 21 heavy (non-hydrogen) atoms. The summed E-state index contributed by atoms with van der Waals surface area (Å²) in [5, 5.41) is 13.6. The highest BCUT2D eigenvalue weighted by Crippen LogP contribution is 2.24. The van der Waals surface area contributed by atoms with E-state index < -0.39 is 23.3 Å². The molecule has 3 amide bonds. The van der Waals surface area contributed by atoms with Gasteiger partial charge in [-0.05, 0) is 38.9 Å². The van der Waals surface area contributed by atoms with Crippen molar-refractivity contribution in [2.24, 2.45) is 5.41 Å². The summed E-state index contributed by atoms with van der Waals surface area (Å²) in [6, 6.07) is -0.532. The molecule has 3 N–H and O–H groups in total. The molecule has 7 heteroatoms. The van der Waals surface area contributed by atoms with E-state index in [1.165, 1.54) is 0 Å². The number of rotatable bonds is 9. The van der Waals surface area contributed by atoms with Gasteiger partial charge in [0.15, 0.2) is 0 Å². The number of carboxylic acid groups (broad SMARTS) is 1. The molecule has 0 unspecified atom stereocenters. The Balaban J connectivity index is 3.89. The Hall–Kier alpha value is -1.63. The van der Waals surface area contributed by atoms with E-state index in [9.17, 15) is 14.4 Å². The predicted octanol–water partition coefficient (Wildman–Crippen LogP) is 1.05. The first-order valence-corrected chi connectivity index (χ1v) is 7.06. The smallest absolute Gasteiger partial charge is 0.321 e. The number of imide groups is 1. The zero-order chi connectivity index (χ0) is 16.5. The molecule has 0 radical (unpaired) electrons. The van der Waals surface area contributed by atoms with Crippen LogP contribution in [-0.2, 0) is 9.59 Å². The highest BCUT2D eigenvalue weighted by atomic mass is 16.4. The van der Waals surface area contributed by atoms with Gasteiger partial charge >= 0.3 is 12.0 Å². The van der Waals surface area contributed by atoms with E-state index >= 15 is 0 Å². The summed E-state index contributed by atoms with van der Waals surface area (Å²) in [4.78, 5) is 35.9. The van der Waals surface area contributed by atoms with Gasteiger partial charge in [0, 0.05) is 13.0 Å². The van der Waals surface area contributed by atoms with E-state index in [2.05, 4.69) is 15.5 Å². The number of hydrogen-bond acceptors (Lipinski definition) is 4. The second-order valence-corrected chi connectivity index (χ2v) is 6.23. The van der Waals surface area contributed by atoms with Crippen molar-refractivity contribution in [2.45, 2.75) is 39.5 Å². The maximum absolute atomic E-state index is 11.7. The minimum Gasteiger partial charge on any atom is -0.481 e. The fraction of sp³-hybridized carbons (Fsp3) is 0.786. The van der Waals surface area contributed by atoms with Crippen molar-refractivity contribution >= 4 is 17.9 Å². The van der Waals surface area contributed by atoms with Crippen LogP contribution in [0.3, 0.4) is 0 Å². The number of nitrogens with zero attached hydrogens (tertiary/aromatic N) is 1. The van der Waals surface area contributed by atoms with Gasteiger partial charge in [0.1, 0.15) is 0 Å². The second-order valence-electron chi connectivity index (χ2n) is 6.23. The molecule has 0 fully saturated rings. The largest absolute Gasteiger partial charge is 0.481 e. The first-order valence-electron chi connectivity index (χ1n) is 7.06. The normalized spacial score (nSPS) is 11.3. The van der Waals surface area contributed by atoms with Crippen molar-refractivity contribution in [3.05, 3.63) is 0 Å². The fourth-order valence-electron chi connectivity index (χ4n) is 1.88. The Morgan fingerprint density at radius 2 is 1.71 bits per heavy atom. The maximum Gasteiger partial charge on any atom is 0.321 e. The summed E-state index contributed by atoms with van der Waals surface area (Å²) in [6.45, 7) is 4.82. The van der Waals surface area contributed by atoms with Crippen molar-refractivity contribution in [3.63, 3.8) is 0 Å². The summed E-state index contributed by atoms with van der Waals surface area (Å²) in [6.07, 6.45) is 1.68. The molecule has 0 rings (SSSR count). The molecule has 122 valence electrons. The van der Waals surface area contributed by atoms with Crippen molar-refractivity contribution < 1.29 is 19.5 Å². The summed E-state index contributed by atoms with van der Waals surface area (Å²) < 4.78 is 0. The number of amides is 3. The average Bonchev–Trinajstić information content (AvgIpc) is 2.24. The number of nitrogens with one attached hydrogen (secondary N) is 2. The second kappa shape index (κ2) is 9.33. The minimum absolute atomic E-state index is 0.00660. The third kappa shape index (κ3) is 11.9. The highest BCUT2D eigenvalue weighted by Gasteiger charge is 2.25. The van der Waals surface area contributed by atoms with Crippen LogP contribution in [-0.4, -0.2) is 55.1 Å². The molecule has 0 aromatic heterocycles. The molecule has 0 saturated heterocycles. The summed E-state index contributed by atoms with van der Waals surface area (Å²) in [5.41, 5.74) is -0.679. The van der Waals surface area contributed by atoms with E-state index in [0.29, 0.717) is 6.54 Å². The Bertz CT molecular complexity index is 367. The molecule has 0 aromatic carbocycles. The molecular formula is C14H27N3O4.